The first-order valence-corrected chi connectivity index (χ1v) is 8.36. The number of nitrogens with zero attached hydrogens (tertiary/aromatic N) is 2. The minimum atomic E-state index is -0.120. The van der Waals surface area contributed by atoms with Crippen LogP contribution in [0.3, 0.4) is 0 Å². The highest BCUT2D eigenvalue weighted by molar-refractivity contribution is 5.89. The molecule has 2 rings (SSSR count). The number of methoxy groups -OCH3 is 1. The van der Waals surface area contributed by atoms with Crippen LogP contribution in [0.15, 0.2) is 36.9 Å². The fourth-order valence-electron chi connectivity index (χ4n) is 2.66. The molecule has 0 saturated carbocycles. The fourth-order valence-corrected chi connectivity index (χ4v) is 2.66. The van der Waals surface area contributed by atoms with E-state index in [0.29, 0.717) is 45.9 Å². The van der Waals surface area contributed by atoms with Crippen molar-refractivity contribution in [2.75, 3.05) is 51.7 Å². The molecule has 1 aliphatic heterocycles. The topological polar surface area (TPSA) is 73.9 Å². The SMILES string of the molecule is C=CCNC(=O)CN1CCN(C(=O)Nc2cccc(COC)c2)CC1. The number of piperazine rings is 1. The summed E-state index contributed by atoms with van der Waals surface area (Å²) >= 11 is 0. The highest BCUT2D eigenvalue weighted by atomic mass is 16.5. The number of carbonyl (C=O) groups excluding carboxylic acids is 2. The van der Waals surface area contributed by atoms with E-state index in [1.54, 1.807) is 18.1 Å². The summed E-state index contributed by atoms with van der Waals surface area (Å²) in [6.45, 7) is 7.46. The third kappa shape index (κ3) is 6.21. The number of rotatable bonds is 7. The lowest BCUT2D eigenvalue weighted by Gasteiger charge is -2.34. The molecule has 3 amide bonds. The van der Waals surface area contributed by atoms with Gasteiger partial charge in [0.05, 0.1) is 13.2 Å². The molecule has 0 aromatic heterocycles. The van der Waals surface area contributed by atoms with Crippen molar-refractivity contribution in [3.05, 3.63) is 42.5 Å². The van der Waals surface area contributed by atoms with Crippen LogP contribution in [0.2, 0.25) is 0 Å². The van der Waals surface area contributed by atoms with Gasteiger partial charge in [-0.2, -0.15) is 0 Å². The van der Waals surface area contributed by atoms with Gasteiger partial charge < -0.3 is 20.3 Å². The molecule has 0 aliphatic carbocycles. The Bertz CT molecular complexity index is 598. The van der Waals surface area contributed by atoms with Crippen LogP contribution in [0, 0.1) is 0 Å². The first-order valence-electron chi connectivity index (χ1n) is 8.36. The van der Waals surface area contributed by atoms with Gasteiger partial charge in [0.1, 0.15) is 0 Å². The molecular weight excluding hydrogens is 320 g/mol. The van der Waals surface area contributed by atoms with Crippen LogP contribution in [0.25, 0.3) is 0 Å². The second-order valence-electron chi connectivity index (χ2n) is 5.92. The molecule has 0 atom stereocenters. The Hall–Kier alpha value is -2.38. The van der Waals surface area contributed by atoms with Crippen molar-refractivity contribution in [1.29, 1.82) is 0 Å². The highest BCUT2D eigenvalue weighted by Crippen LogP contribution is 2.13. The minimum absolute atomic E-state index is 0.0206. The van der Waals surface area contributed by atoms with Crippen molar-refractivity contribution < 1.29 is 14.3 Å². The van der Waals surface area contributed by atoms with Crippen LogP contribution in [0.1, 0.15) is 5.56 Å². The molecule has 1 fully saturated rings. The van der Waals surface area contributed by atoms with E-state index in [-0.39, 0.29) is 11.9 Å². The highest BCUT2D eigenvalue weighted by Gasteiger charge is 2.22. The number of carbonyl (C=O) groups is 2. The molecule has 136 valence electrons. The molecule has 1 aromatic rings. The zero-order valence-corrected chi connectivity index (χ0v) is 14.7. The van der Waals surface area contributed by atoms with E-state index < -0.39 is 0 Å². The standard InChI is InChI=1S/C18H26N4O3/c1-3-7-19-17(23)13-21-8-10-22(11-9-21)18(24)20-16-6-4-5-15(12-16)14-25-2/h3-6,12H,1,7-11,13-14H2,2H3,(H,19,23)(H,20,24). The Morgan fingerprint density at radius 3 is 2.72 bits per heavy atom. The predicted molar refractivity (Wildman–Crippen MR) is 97.4 cm³/mol. The maximum Gasteiger partial charge on any atom is 0.321 e. The van der Waals surface area contributed by atoms with E-state index in [1.165, 1.54) is 0 Å². The second kappa shape index (κ2) is 9.80. The van der Waals surface area contributed by atoms with Crippen molar-refractivity contribution in [1.82, 2.24) is 15.1 Å². The summed E-state index contributed by atoms with van der Waals surface area (Å²) in [5.41, 5.74) is 1.77. The quantitative estimate of drug-likeness (QED) is 0.730. The van der Waals surface area contributed by atoms with E-state index >= 15 is 0 Å². The monoisotopic (exact) mass is 346 g/mol. The van der Waals surface area contributed by atoms with Crippen molar-refractivity contribution >= 4 is 17.6 Å². The summed E-state index contributed by atoms with van der Waals surface area (Å²) in [4.78, 5) is 27.9. The summed E-state index contributed by atoms with van der Waals surface area (Å²) in [7, 11) is 1.64. The molecule has 1 saturated heterocycles. The third-order valence-electron chi connectivity index (χ3n) is 3.96. The van der Waals surface area contributed by atoms with Gasteiger partial charge in [0.25, 0.3) is 0 Å². The largest absolute Gasteiger partial charge is 0.380 e. The van der Waals surface area contributed by atoms with Gasteiger partial charge in [-0.05, 0) is 17.7 Å². The Balaban J connectivity index is 1.78. The number of ether oxygens (including phenoxy) is 1. The molecule has 0 unspecified atom stereocenters. The molecule has 1 aliphatic rings. The van der Waals surface area contributed by atoms with Crippen molar-refractivity contribution in [3.63, 3.8) is 0 Å². The number of nitrogens with one attached hydrogen (secondary N) is 2. The fraction of sp³-hybridized carbons (Fsp3) is 0.444. The minimum Gasteiger partial charge on any atom is -0.380 e. The maximum absolute atomic E-state index is 12.4. The van der Waals surface area contributed by atoms with Crippen LogP contribution in [0.5, 0.6) is 0 Å². The molecule has 0 bridgehead atoms. The summed E-state index contributed by atoms with van der Waals surface area (Å²) in [5.74, 6) is -0.0206. The lowest BCUT2D eigenvalue weighted by molar-refractivity contribution is -0.122. The normalized spacial score (nSPS) is 14.8. The van der Waals surface area contributed by atoms with E-state index in [0.717, 1.165) is 11.3 Å². The molecule has 0 spiro atoms. The predicted octanol–water partition coefficient (Wildman–Crippen LogP) is 1.28. The number of hydrogen-bond acceptors (Lipinski definition) is 4. The van der Waals surface area contributed by atoms with Crippen LogP contribution in [-0.2, 0) is 16.1 Å². The van der Waals surface area contributed by atoms with Gasteiger partial charge in [0.15, 0.2) is 0 Å². The second-order valence-corrected chi connectivity index (χ2v) is 5.92. The van der Waals surface area contributed by atoms with Gasteiger partial charge in [-0.15, -0.1) is 6.58 Å². The smallest absolute Gasteiger partial charge is 0.321 e. The number of amides is 3. The van der Waals surface area contributed by atoms with Gasteiger partial charge in [0, 0.05) is 45.5 Å². The molecule has 7 nitrogen and oxygen atoms in total. The average Bonchev–Trinajstić information content (AvgIpc) is 2.61. The first-order chi connectivity index (χ1) is 12.1. The van der Waals surface area contributed by atoms with Crippen LogP contribution in [-0.4, -0.2) is 68.1 Å². The van der Waals surface area contributed by atoms with Crippen LogP contribution >= 0.6 is 0 Å². The van der Waals surface area contributed by atoms with Crippen LogP contribution < -0.4 is 10.6 Å². The lowest BCUT2D eigenvalue weighted by atomic mass is 10.2. The molecule has 1 heterocycles. The molecular formula is C18H26N4O3. The molecule has 2 N–H and O–H groups in total. The van der Waals surface area contributed by atoms with E-state index in [2.05, 4.69) is 17.2 Å². The van der Waals surface area contributed by atoms with E-state index in [9.17, 15) is 9.59 Å². The number of benzene rings is 1. The molecule has 1 aromatic carbocycles. The zero-order chi connectivity index (χ0) is 18.1. The summed E-state index contributed by atoms with van der Waals surface area (Å²) in [6.07, 6.45) is 1.65. The molecule has 25 heavy (non-hydrogen) atoms. The van der Waals surface area contributed by atoms with Gasteiger partial charge in [-0.1, -0.05) is 18.2 Å². The Kier molecular flexibility index (Phi) is 7.43. The van der Waals surface area contributed by atoms with Crippen molar-refractivity contribution in [3.8, 4) is 0 Å². The maximum atomic E-state index is 12.4. The van der Waals surface area contributed by atoms with Gasteiger partial charge in [-0.25, -0.2) is 4.79 Å². The van der Waals surface area contributed by atoms with E-state index in [4.69, 9.17) is 4.74 Å². The third-order valence-corrected chi connectivity index (χ3v) is 3.96. The summed E-state index contributed by atoms with van der Waals surface area (Å²) in [6, 6.07) is 7.49. The Morgan fingerprint density at radius 2 is 2.04 bits per heavy atom. The van der Waals surface area contributed by atoms with Gasteiger partial charge in [-0.3, -0.25) is 9.69 Å². The number of hydrogen-bond donors (Lipinski definition) is 2. The van der Waals surface area contributed by atoms with Gasteiger partial charge in [0.2, 0.25) is 5.91 Å². The average molecular weight is 346 g/mol. The molecule has 7 heteroatoms. The molecule has 0 radical (unpaired) electrons. The Labute approximate surface area is 148 Å². The van der Waals surface area contributed by atoms with Crippen molar-refractivity contribution in [2.45, 2.75) is 6.61 Å². The zero-order valence-electron chi connectivity index (χ0n) is 14.7. The summed E-state index contributed by atoms with van der Waals surface area (Å²) < 4.78 is 5.11. The van der Waals surface area contributed by atoms with Gasteiger partial charge >= 0.3 is 6.03 Å². The van der Waals surface area contributed by atoms with E-state index in [1.807, 2.05) is 29.2 Å². The van der Waals surface area contributed by atoms with Crippen LogP contribution in [0.4, 0.5) is 10.5 Å². The first kappa shape index (κ1) is 19.0. The Morgan fingerprint density at radius 1 is 1.28 bits per heavy atom. The van der Waals surface area contributed by atoms with Crippen molar-refractivity contribution in [2.24, 2.45) is 0 Å². The number of anilines is 1. The summed E-state index contributed by atoms with van der Waals surface area (Å²) in [5, 5.41) is 5.68. The number of urea groups is 1. The lowest BCUT2D eigenvalue weighted by Crippen LogP contribution is -2.52.